The minimum absolute atomic E-state index is 0.0139. The zero-order valence-corrected chi connectivity index (χ0v) is 9.73. The van der Waals surface area contributed by atoms with Gasteiger partial charge in [-0.1, -0.05) is 0 Å². The summed E-state index contributed by atoms with van der Waals surface area (Å²) < 4.78 is 6.82. The molecule has 5 heteroatoms. The van der Waals surface area contributed by atoms with Crippen LogP contribution < -0.4 is 5.43 Å². The van der Waals surface area contributed by atoms with Crippen LogP contribution in [0.15, 0.2) is 28.9 Å². The third kappa shape index (κ3) is 2.18. The van der Waals surface area contributed by atoms with E-state index in [1.807, 2.05) is 30.7 Å². The van der Waals surface area contributed by atoms with E-state index in [0.29, 0.717) is 12.1 Å². The summed E-state index contributed by atoms with van der Waals surface area (Å²) >= 11 is 0. The number of aromatic nitrogens is 1. The highest BCUT2D eigenvalue weighted by Gasteiger charge is 2.13. The largest absolute Gasteiger partial charge is 0.475 e. The molecule has 5 nitrogen and oxygen atoms in total. The molecule has 90 valence electrons. The molecule has 2 rings (SSSR count). The predicted octanol–water partition coefficient (Wildman–Crippen LogP) is 2.14. The second-order valence-corrected chi connectivity index (χ2v) is 3.87. The molecular weight excluding hydrogens is 220 g/mol. The Morgan fingerprint density at radius 3 is 2.59 bits per heavy atom. The van der Waals surface area contributed by atoms with Crippen molar-refractivity contribution in [1.29, 1.82) is 0 Å². The highest BCUT2D eigenvalue weighted by atomic mass is 16.4. The molecular formula is C12H14N2O3. The van der Waals surface area contributed by atoms with Gasteiger partial charge in [-0.3, -0.25) is 4.68 Å². The van der Waals surface area contributed by atoms with Gasteiger partial charge >= 0.3 is 5.97 Å². The van der Waals surface area contributed by atoms with Crippen molar-refractivity contribution in [3.63, 3.8) is 0 Å². The molecule has 0 atom stereocenters. The normalized spacial score (nSPS) is 10.5. The van der Waals surface area contributed by atoms with Crippen LogP contribution in [0, 0.1) is 13.8 Å². The van der Waals surface area contributed by atoms with Crippen LogP contribution in [0.4, 0.5) is 0 Å². The summed E-state index contributed by atoms with van der Waals surface area (Å²) in [6, 6.07) is 5.65. The van der Waals surface area contributed by atoms with E-state index in [1.165, 1.54) is 6.26 Å². The Bertz CT molecular complexity index is 520. The summed E-state index contributed by atoms with van der Waals surface area (Å²) in [6.45, 7) is 4.37. The molecule has 2 aromatic heterocycles. The highest BCUT2D eigenvalue weighted by Crippen LogP contribution is 2.12. The molecule has 0 bridgehead atoms. The quantitative estimate of drug-likeness (QED) is 0.850. The fourth-order valence-corrected chi connectivity index (χ4v) is 1.74. The third-order valence-corrected chi connectivity index (χ3v) is 2.64. The number of furan rings is 1. The van der Waals surface area contributed by atoms with Gasteiger partial charge < -0.3 is 14.9 Å². The number of carboxylic acid groups (broad SMARTS) is 1. The smallest absolute Gasteiger partial charge is 0.372 e. The van der Waals surface area contributed by atoms with E-state index in [2.05, 4.69) is 5.43 Å². The molecule has 0 saturated carbocycles. The SMILES string of the molecule is Cc1ccc(C)n1NCc1ccoc1C(=O)O. The Balaban J connectivity index is 2.13. The zero-order chi connectivity index (χ0) is 12.4. The molecule has 2 heterocycles. The van der Waals surface area contributed by atoms with Gasteiger partial charge in [0.1, 0.15) is 0 Å². The van der Waals surface area contributed by atoms with Crippen LogP contribution in [-0.2, 0) is 6.54 Å². The number of carboxylic acids is 1. The third-order valence-electron chi connectivity index (χ3n) is 2.64. The van der Waals surface area contributed by atoms with Gasteiger partial charge in [-0.05, 0) is 32.0 Å². The number of aromatic carboxylic acids is 1. The van der Waals surface area contributed by atoms with Gasteiger partial charge in [-0.2, -0.15) is 0 Å². The number of rotatable bonds is 4. The van der Waals surface area contributed by atoms with Crippen molar-refractivity contribution in [3.05, 3.63) is 47.2 Å². The fourth-order valence-electron chi connectivity index (χ4n) is 1.74. The van der Waals surface area contributed by atoms with Crippen LogP contribution >= 0.6 is 0 Å². The van der Waals surface area contributed by atoms with E-state index in [1.54, 1.807) is 6.07 Å². The van der Waals surface area contributed by atoms with Crippen LogP contribution in [0.2, 0.25) is 0 Å². The molecule has 2 N–H and O–H groups in total. The first-order valence-electron chi connectivity index (χ1n) is 5.28. The maximum atomic E-state index is 10.8. The van der Waals surface area contributed by atoms with Crippen molar-refractivity contribution in [3.8, 4) is 0 Å². The van der Waals surface area contributed by atoms with Crippen LogP contribution in [0.1, 0.15) is 27.5 Å². The first-order chi connectivity index (χ1) is 8.09. The Morgan fingerprint density at radius 1 is 1.35 bits per heavy atom. The van der Waals surface area contributed by atoms with E-state index in [-0.39, 0.29) is 5.76 Å². The molecule has 0 aliphatic heterocycles. The second-order valence-electron chi connectivity index (χ2n) is 3.87. The fraction of sp³-hybridized carbons (Fsp3) is 0.250. The number of nitrogens with one attached hydrogen (secondary N) is 1. The number of nitrogens with zero attached hydrogens (tertiary/aromatic N) is 1. The first kappa shape index (κ1) is 11.3. The standard InChI is InChI=1S/C12H14N2O3/c1-8-3-4-9(2)14(8)13-7-10-5-6-17-11(10)12(15)16/h3-6,13H,7H2,1-2H3,(H,15,16). The molecule has 0 radical (unpaired) electrons. The lowest BCUT2D eigenvalue weighted by Crippen LogP contribution is -2.17. The molecule has 0 aromatic carbocycles. The number of carbonyl (C=O) groups is 1. The maximum absolute atomic E-state index is 10.8. The van der Waals surface area contributed by atoms with Gasteiger partial charge in [0.05, 0.1) is 12.8 Å². The predicted molar refractivity (Wildman–Crippen MR) is 62.6 cm³/mol. The first-order valence-corrected chi connectivity index (χ1v) is 5.28. The van der Waals surface area contributed by atoms with Gasteiger partial charge in [0.15, 0.2) is 0 Å². The molecule has 0 fully saturated rings. The van der Waals surface area contributed by atoms with E-state index >= 15 is 0 Å². The van der Waals surface area contributed by atoms with Gasteiger partial charge in [0.2, 0.25) is 5.76 Å². The highest BCUT2D eigenvalue weighted by molar-refractivity contribution is 5.86. The monoisotopic (exact) mass is 234 g/mol. The summed E-state index contributed by atoms with van der Waals surface area (Å²) in [7, 11) is 0. The Kier molecular flexibility index (Phi) is 2.91. The summed E-state index contributed by atoms with van der Waals surface area (Å²) in [5, 5.41) is 8.89. The van der Waals surface area contributed by atoms with E-state index in [0.717, 1.165) is 11.4 Å². The van der Waals surface area contributed by atoms with E-state index in [9.17, 15) is 4.79 Å². The molecule has 0 aliphatic rings. The molecule has 0 aliphatic carbocycles. The topological polar surface area (TPSA) is 67.4 Å². The van der Waals surface area contributed by atoms with Crippen LogP contribution in [0.3, 0.4) is 0 Å². The molecule has 17 heavy (non-hydrogen) atoms. The Labute approximate surface area is 98.6 Å². The van der Waals surface area contributed by atoms with Gasteiger partial charge in [-0.25, -0.2) is 4.79 Å². The lowest BCUT2D eigenvalue weighted by atomic mass is 10.2. The molecule has 0 amide bonds. The van der Waals surface area contributed by atoms with Crippen molar-refractivity contribution >= 4 is 5.97 Å². The van der Waals surface area contributed by atoms with Crippen molar-refractivity contribution in [2.75, 3.05) is 5.43 Å². The van der Waals surface area contributed by atoms with Crippen molar-refractivity contribution in [1.82, 2.24) is 4.68 Å². The lowest BCUT2D eigenvalue weighted by molar-refractivity contribution is 0.0661. The number of hydrogen-bond donors (Lipinski definition) is 2. The Hall–Kier alpha value is -2.17. The van der Waals surface area contributed by atoms with Gasteiger partial charge in [0, 0.05) is 17.0 Å². The van der Waals surface area contributed by atoms with Gasteiger partial charge in [0.25, 0.3) is 0 Å². The molecule has 0 spiro atoms. The molecule has 0 unspecified atom stereocenters. The average Bonchev–Trinajstić information content (AvgIpc) is 2.85. The lowest BCUT2D eigenvalue weighted by Gasteiger charge is -2.11. The number of hydrogen-bond acceptors (Lipinski definition) is 3. The minimum Gasteiger partial charge on any atom is -0.475 e. The summed E-state index contributed by atoms with van der Waals surface area (Å²) in [5.41, 5.74) is 5.93. The zero-order valence-electron chi connectivity index (χ0n) is 9.73. The van der Waals surface area contributed by atoms with E-state index in [4.69, 9.17) is 9.52 Å². The summed E-state index contributed by atoms with van der Waals surface area (Å²) in [5.74, 6) is -1.06. The average molecular weight is 234 g/mol. The molecule has 0 saturated heterocycles. The Morgan fingerprint density at radius 2 is 2.00 bits per heavy atom. The summed E-state index contributed by atoms with van der Waals surface area (Å²) in [4.78, 5) is 10.8. The van der Waals surface area contributed by atoms with Crippen LogP contribution in [0.25, 0.3) is 0 Å². The van der Waals surface area contributed by atoms with Crippen LogP contribution in [0.5, 0.6) is 0 Å². The van der Waals surface area contributed by atoms with E-state index < -0.39 is 5.97 Å². The van der Waals surface area contributed by atoms with Crippen molar-refractivity contribution < 1.29 is 14.3 Å². The molecule has 2 aromatic rings. The van der Waals surface area contributed by atoms with Crippen LogP contribution in [-0.4, -0.2) is 15.8 Å². The summed E-state index contributed by atoms with van der Waals surface area (Å²) in [6.07, 6.45) is 1.38. The minimum atomic E-state index is -1.05. The number of aryl methyl sites for hydroxylation is 2. The van der Waals surface area contributed by atoms with Crippen molar-refractivity contribution in [2.45, 2.75) is 20.4 Å². The second kappa shape index (κ2) is 4.37. The van der Waals surface area contributed by atoms with Gasteiger partial charge in [-0.15, -0.1) is 0 Å². The maximum Gasteiger partial charge on any atom is 0.372 e. The van der Waals surface area contributed by atoms with Crippen molar-refractivity contribution in [2.24, 2.45) is 0 Å².